The second kappa shape index (κ2) is 6.73. The highest BCUT2D eigenvalue weighted by Crippen LogP contribution is 2.33. The monoisotopic (exact) mass is 297 g/mol. The first-order valence-corrected chi connectivity index (χ1v) is 8.52. The molecule has 0 aliphatic heterocycles. The first-order chi connectivity index (χ1) is 10.3. The zero-order valence-corrected chi connectivity index (χ0v) is 15.1. The largest absolute Gasteiger partial charge is 0.357 e. The molecular weight excluding hydrogens is 266 g/mol. The SMILES string of the molecule is CC(C)c1ccc(C(C)CCC(C)(C)c2ccn(C)c2)cc1. The average Bonchev–Trinajstić information content (AvgIpc) is 2.92. The third-order valence-corrected chi connectivity index (χ3v) is 4.99. The Labute approximate surface area is 136 Å². The molecule has 0 saturated heterocycles. The van der Waals surface area contributed by atoms with Gasteiger partial charge in [0.1, 0.15) is 0 Å². The molecule has 1 heterocycles. The topological polar surface area (TPSA) is 4.93 Å². The van der Waals surface area contributed by atoms with Crippen LogP contribution in [0.2, 0.25) is 0 Å². The highest BCUT2D eigenvalue weighted by Gasteiger charge is 2.22. The van der Waals surface area contributed by atoms with Crippen LogP contribution in [0.3, 0.4) is 0 Å². The highest BCUT2D eigenvalue weighted by molar-refractivity contribution is 5.27. The molecule has 1 nitrogen and oxygen atoms in total. The first-order valence-electron chi connectivity index (χ1n) is 8.52. The predicted molar refractivity (Wildman–Crippen MR) is 96.6 cm³/mol. The van der Waals surface area contributed by atoms with Crippen LogP contribution in [-0.2, 0) is 12.5 Å². The number of rotatable bonds is 6. The van der Waals surface area contributed by atoms with Gasteiger partial charge in [-0.05, 0) is 52.8 Å². The lowest BCUT2D eigenvalue weighted by Gasteiger charge is -2.26. The van der Waals surface area contributed by atoms with Crippen LogP contribution in [0.15, 0.2) is 42.7 Å². The fraction of sp³-hybridized carbons (Fsp3) is 0.524. The maximum Gasteiger partial charge on any atom is 0.0106 e. The molecule has 1 aromatic heterocycles. The van der Waals surface area contributed by atoms with Crippen molar-refractivity contribution in [2.75, 3.05) is 0 Å². The number of nitrogens with zero attached hydrogens (tertiary/aromatic N) is 1. The standard InChI is InChI=1S/C21H31N/c1-16(2)18-7-9-19(10-8-18)17(3)11-13-21(4,5)20-12-14-22(6)15-20/h7-10,12,14-17H,11,13H2,1-6H3. The first kappa shape index (κ1) is 16.9. The minimum atomic E-state index is 0.243. The Morgan fingerprint density at radius 2 is 1.55 bits per heavy atom. The Kier molecular flexibility index (Phi) is 5.16. The third-order valence-electron chi connectivity index (χ3n) is 4.99. The van der Waals surface area contributed by atoms with Crippen molar-refractivity contribution in [3.8, 4) is 0 Å². The van der Waals surface area contributed by atoms with Crippen LogP contribution >= 0.6 is 0 Å². The summed E-state index contributed by atoms with van der Waals surface area (Å²) in [5, 5.41) is 0. The Bertz CT molecular complexity index is 587. The van der Waals surface area contributed by atoms with E-state index in [9.17, 15) is 0 Å². The summed E-state index contributed by atoms with van der Waals surface area (Å²) >= 11 is 0. The Balaban J connectivity index is 1.98. The van der Waals surface area contributed by atoms with Crippen LogP contribution in [-0.4, -0.2) is 4.57 Å². The summed E-state index contributed by atoms with van der Waals surface area (Å²) in [6.07, 6.45) is 6.83. The summed E-state index contributed by atoms with van der Waals surface area (Å²) in [5.74, 6) is 1.23. The zero-order valence-electron chi connectivity index (χ0n) is 15.1. The lowest BCUT2D eigenvalue weighted by Crippen LogP contribution is -2.17. The van der Waals surface area contributed by atoms with Crippen LogP contribution in [0.4, 0.5) is 0 Å². The molecule has 2 aromatic rings. The van der Waals surface area contributed by atoms with Crippen molar-refractivity contribution in [1.29, 1.82) is 0 Å². The van der Waals surface area contributed by atoms with E-state index in [1.807, 2.05) is 0 Å². The van der Waals surface area contributed by atoms with Gasteiger partial charge in [-0.3, -0.25) is 0 Å². The van der Waals surface area contributed by atoms with Crippen molar-refractivity contribution in [3.05, 3.63) is 59.4 Å². The van der Waals surface area contributed by atoms with E-state index in [1.54, 1.807) is 0 Å². The van der Waals surface area contributed by atoms with E-state index >= 15 is 0 Å². The molecule has 0 aliphatic carbocycles. The Morgan fingerprint density at radius 3 is 2.05 bits per heavy atom. The second-order valence-electron chi connectivity index (χ2n) is 7.71. The van der Waals surface area contributed by atoms with E-state index < -0.39 is 0 Å². The number of aryl methyl sites for hydroxylation is 1. The summed E-state index contributed by atoms with van der Waals surface area (Å²) in [6, 6.07) is 11.5. The number of benzene rings is 1. The Hall–Kier alpha value is -1.50. The van der Waals surface area contributed by atoms with E-state index in [0.717, 1.165) is 0 Å². The van der Waals surface area contributed by atoms with Gasteiger partial charge in [0.15, 0.2) is 0 Å². The van der Waals surface area contributed by atoms with E-state index in [4.69, 9.17) is 0 Å². The number of aromatic nitrogens is 1. The van der Waals surface area contributed by atoms with Crippen LogP contribution in [0.1, 0.15) is 76.0 Å². The minimum absolute atomic E-state index is 0.243. The summed E-state index contributed by atoms with van der Waals surface area (Å²) in [5.41, 5.74) is 4.58. The van der Waals surface area contributed by atoms with Crippen molar-refractivity contribution in [1.82, 2.24) is 4.57 Å². The molecule has 0 spiro atoms. The maximum atomic E-state index is 2.36. The number of hydrogen-bond acceptors (Lipinski definition) is 0. The van der Waals surface area contributed by atoms with Crippen molar-refractivity contribution in [2.24, 2.45) is 7.05 Å². The van der Waals surface area contributed by atoms with Crippen molar-refractivity contribution in [3.63, 3.8) is 0 Å². The molecule has 1 heteroatoms. The fourth-order valence-electron chi connectivity index (χ4n) is 3.00. The molecule has 1 atom stereocenters. The second-order valence-corrected chi connectivity index (χ2v) is 7.71. The molecule has 0 radical (unpaired) electrons. The van der Waals surface area contributed by atoms with Crippen molar-refractivity contribution >= 4 is 0 Å². The lowest BCUT2D eigenvalue weighted by atomic mass is 9.79. The molecule has 120 valence electrons. The zero-order chi connectivity index (χ0) is 16.3. The van der Waals surface area contributed by atoms with Crippen molar-refractivity contribution < 1.29 is 0 Å². The molecule has 0 amide bonds. The Morgan fingerprint density at radius 1 is 0.955 bits per heavy atom. The van der Waals surface area contributed by atoms with Gasteiger partial charge in [0.25, 0.3) is 0 Å². The third kappa shape index (κ3) is 4.03. The molecule has 0 N–H and O–H groups in total. The average molecular weight is 297 g/mol. The summed E-state index contributed by atoms with van der Waals surface area (Å²) < 4.78 is 2.14. The van der Waals surface area contributed by atoms with E-state index in [1.165, 1.54) is 29.5 Å². The van der Waals surface area contributed by atoms with Gasteiger partial charge in [0, 0.05) is 19.4 Å². The van der Waals surface area contributed by atoms with Gasteiger partial charge in [-0.2, -0.15) is 0 Å². The summed E-state index contributed by atoms with van der Waals surface area (Å²) in [7, 11) is 2.10. The molecule has 0 aliphatic rings. The quantitative estimate of drug-likeness (QED) is 0.615. The maximum absolute atomic E-state index is 2.36. The predicted octanol–water partition coefficient (Wildman–Crippen LogP) is 6.01. The number of hydrogen-bond donors (Lipinski definition) is 0. The van der Waals surface area contributed by atoms with E-state index in [2.05, 4.69) is 89.0 Å². The van der Waals surface area contributed by atoms with Gasteiger partial charge in [0.05, 0.1) is 0 Å². The molecule has 0 bridgehead atoms. The highest BCUT2D eigenvalue weighted by atomic mass is 14.9. The smallest absolute Gasteiger partial charge is 0.0106 e. The summed E-state index contributed by atoms with van der Waals surface area (Å²) in [4.78, 5) is 0. The van der Waals surface area contributed by atoms with Crippen LogP contribution in [0, 0.1) is 0 Å². The molecule has 0 fully saturated rings. The van der Waals surface area contributed by atoms with Gasteiger partial charge < -0.3 is 4.57 Å². The van der Waals surface area contributed by atoms with Gasteiger partial charge in [-0.1, -0.05) is 58.9 Å². The lowest BCUT2D eigenvalue weighted by molar-refractivity contribution is 0.439. The van der Waals surface area contributed by atoms with Gasteiger partial charge in [-0.25, -0.2) is 0 Å². The van der Waals surface area contributed by atoms with Gasteiger partial charge in [-0.15, -0.1) is 0 Å². The molecule has 0 saturated carbocycles. The van der Waals surface area contributed by atoms with E-state index in [-0.39, 0.29) is 5.41 Å². The molecule has 2 rings (SSSR count). The van der Waals surface area contributed by atoms with E-state index in [0.29, 0.717) is 11.8 Å². The molecule has 1 aromatic carbocycles. The molecular formula is C21H31N. The van der Waals surface area contributed by atoms with Gasteiger partial charge >= 0.3 is 0 Å². The molecule has 1 unspecified atom stereocenters. The minimum Gasteiger partial charge on any atom is -0.357 e. The van der Waals surface area contributed by atoms with Crippen LogP contribution < -0.4 is 0 Å². The van der Waals surface area contributed by atoms with Crippen LogP contribution in [0.25, 0.3) is 0 Å². The summed E-state index contributed by atoms with van der Waals surface area (Å²) in [6.45, 7) is 11.6. The fourth-order valence-corrected chi connectivity index (χ4v) is 3.00. The molecule has 22 heavy (non-hydrogen) atoms. The normalized spacial score (nSPS) is 13.6. The van der Waals surface area contributed by atoms with Crippen molar-refractivity contribution in [2.45, 2.75) is 64.7 Å². The van der Waals surface area contributed by atoms with Gasteiger partial charge in [0.2, 0.25) is 0 Å². The van der Waals surface area contributed by atoms with Crippen LogP contribution in [0.5, 0.6) is 0 Å².